The van der Waals surface area contributed by atoms with Gasteiger partial charge in [0.2, 0.25) is 0 Å². The fourth-order valence-electron chi connectivity index (χ4n) is 1.79. The van der Waals surface area contributed by atoms with Crippen molar-refractivity contribution < 1.29 is 8.78 Å². The molecule has 0 fully saturated rings. The van der Waals surface area contributed by atoms with E-state index in [1.165, 1.54) is 4.68 Å². The van der Waals surface area contributed by atoms with Gasteiger partial charge in [-0.05, 0) is 17.7 Å². The van der Waals surface area contributed by atoms with Crippen LogP contribution in [-0.2, 0) is 6.54 Å². The second-order valence-corrected chi connectivity index (χ2v) is 4.76. The summed E-state index contributed by atoms with van der Waals surface area (Å²) >= 11 is 1.57. The summed E-state index contributed by atoms with van der Waals surface area (Å²) in [6.45, 7) is -0.376. The van der Waals surface area contributed by atoms with E-state index in [0.29, 0.717) is 0 Å². The van der Waals surface area contributed by atoms with Crippen molar-refractivity contribution in [3.63, 3.8) is 0 Å². The molecule has 0 N–H and O–H groups in total. The fraction of sp³-hybridized carbons (Fsp3) is 0.167. The van der Waals surface area contributed by atoms with Crippen LogP contribution in [0.25, 0.3) is 21.3 Å². The van der Waals surface area contributed by atoms with Crippen LogP contribution in [0, 0.1) is 0 Å². The van der Waals surface area contributed by atoms with Gasteiger partial charge in [-0.15, -0.1) is 11.3 Å². The summed E-state index contributed by atoms with van der Waals surface area (Å²) in [5.41, 5.74) is 4.47. The summed E-state index contributed by atoms with van der Waals surface area (Å²) in [6.07, 6.45) is 0.828. The molecule has 0 aliphatic carbocycles. The molecule has 18 heavy (non-hydrogen) atoms. The molecular weight excluding hydrogens is 256 g/mol. The van der Waals surface area contributed by atoms with Gasteiger partial charge in [-0.2, -0.15) is 5.10 Å². The number of aromatic nitrogens is 3. The molecule has 0 atom stereocenters. The van der Waals surface area contributed by atoms with Crippen LogP contribution in [0.1, 0.15) is 0 Å². The zero-order valence-corrected chi connectivity index (χ0v) is 10.1. The van der Waals surface area contributed by atoms with Crippen LogP contribution in [0.4, 0.5) is 8.78 Å². The van der Waals surface area contributed by atoms with Gasteiger partial charge >= 0.3 is 0 Å². The third-order valence-electron chi connectivity index (χ3n) is 2.62. The number of hydrogen-bond acceptors (Lipinski definition) is 3. The molecule has 0 bridgehead atoms. The lowest BCUT2D eigenvalue weighted by atomic mass is 10.1. The molecule has 2 aromatic heterocycles. The van der Waals surface area contributed by atoms with Crippen molar-refractivity contribution in [1.82, 2.24) is 14.8 Å². The average Bonchev–Trinajstić information content (AvgIpc) is 2.95. The molecule has 3 rings (SSSR count). The summed E-state index contributed by atoms with van der Waals surface area (Å²) in [5.74, 6) is 0. The van der Waals surface area contributed by atoms with E-state index in [0.717, 1.165) is 21.3 Å². The van der Waals surface area contributed by atoms with E-state index in [9.17, 15) is 8.78 Å². The molecule has 0 radical (unpaired) electrons. The van der Waals surface area contributed by atoms with Crippen molar-refractivity contribution in [3.8, 4) is 11.1 Å². The Hall–Kier alpha value is -1.82. The molecule has 0 spiro atoms. The predicted octanol–water partition coefficient (Wildman–Crippen LogP) is 3.42. The van der Waals surface area contributed by atoms with Crippen molar-refractivity contribution in [2.24, 2.45) is 0 Å². The van der Waals surface area contributed by atoms with Crippen LogP contribution in [0.5, 0.6) is 0 Å². The van der Waals surface area contributed by atoms with Crippen molar-refractivity contribution in [3.05, 3.63) is 36.1 Å². The minimum absolute atomic E-state index is 0.376. The van der Waals surface area contributed by atoms with E-state index in [1.54, 1.807) is 29.2 Å². The predicted molar refractivity (Wildman–Crippen MR) is 66.8 cm³/mol. The smallest absolute Gasteiger partial charge is 0.257 e. The second kappa shape index (κ2) is 4.45. The molecular formula is C12H9F2N3S. The minimum atomic E-state index is -2.39. The molecule has 0 unspecified atom stereocenters. The van der Waals surface area contributed by atoms with E-state index < -0.39 is 6.43 Å². The number of nitrogens with zero attached hydrogens (tertiary/aromatic N) is 3. The average molecular weight is 265 g/mol. The molecule has 92 valence electrons. The first kappa shape index (κ1) is 11.3. The number of alkyl halides is 2. The number of thiazole rings is 1. The Labute approximate surface area is 106 Å². The summed E-state index contributed by atoms with van der Waals surface area (Å²) in [5, 5.41) is 3.92. The highest BCUT2D eigenvalue weighted by molar-refractivity contribution is 7.16. The van der Waals surface area contributed by atoms with Crippen LogP contribution in [0.15, 0.2) is 36.1 Å². The minimum Gasteiger partial charge on any atom is -0.266 e. The monoisotopic (exact) mass is 265 g/mol. The Bertz CT molecular complexity index is 675. The Morgan fingerprint density at radius 2 is 2.17 bits per heavy atom. The number of halogens is 2. The van der Waals surface area contributed by atoms with Gasteiger partial charge in [0.15, 0.2) is 0 Å². The van der Waals surface area contributed by atoms with Crippen LogP contribution in [0.3, 0.4) is 0 Å². The van der Waals surface area contributed by atoms with Crippen LogP contribution in [-0.4, -0.2) is 21.2 Å². The number of benzene rings is 1. The van der Waals surface area contributed by atoms with Gasteiger partial charge in [0, 0.05) is 11.8 Å². The molecule has 0 saturated carbocycles. The molecule has 0 aliphatic heterocycles. The third kappa shape index (κ3) is 2.11. The molecule has 1 aromatic carbocycles. The largest absolute Gasteiger partial charge is 0.266 e. The van der Waals surface area contributed by atoms with Gasteiger partial charge in [0.1, 0.15) is 6.54 Å². The first-order chi connectivity index (χ1) is 8.72. The first-order valence-electron chi connectivity index (χ1n) is 5.36. The van der Waals surface area contributed by atoms with E-state index in [2.05, 4.69) is 10.1 Å². The lowest BCUT2D eigenvalue weighted by molar-refractivity contribution is 0.122. The van der Waals surface area contributed by atoms with Gasteiger partial charge in [0.25, 0.3) is 6.43 Å². The number of fused-ring (bicyclic) bond motifs is 1. The van der Waals surface area contributed by atoms with E-state index in [1.807, 2.05) is 18.2 Å². The first-order valence-corrected chi connectivity index (χ1v) is 6.24. The highest BCUT2D eigenvalue weighted by Crippen LogP contribution is 2.25. The maximum absolute atomic E-state index is 12.2. The maximum Gasteiger partial charge on any atom is 0.257 e. The summed E-state index contributed by atoms with van der Waals surface area (Å²) in [4.78, 5) is 4.23. The Kier molecular flexibility index (Phi) is 2.79. The van der Waals surface area contributed by atoms with Gasteiger partial charge < -0.3 is 0 Å². The van der Waals surface area contributed by atoms with Crippen LogP contribution in [0.2, 0.25) is 0 Å². The quantitative estimate of drug-likeness (QED) is 0.726. The molecule has 3 aromatic rings. The third-order valence-corrected chi connectivity index (χ3v) is 3.43. The van der Waals surface area contributed by atoms with E-state index in [4.69, 9.17) is 0 Å². The molecule has 2 heterocycles. The fourth-order valence-corrected chi connectivity index (χ4v) is 2.45. The number of hydrogen-bond donors (Lipinski definition) is 0. The Morgan fingerprint density at radius 3 is 3.00 bits per heavy atom. The SMILES string of the molecule is FC(F)Cn1cc(-c2ccc3scnc3c2)cn1. The summed E-state index contributed by atoms with van der Waals surface area (Å²) in [6, 6.07) is 5.87. The lowest BCUT2D eigenvalue weighted by Crippen LogP contribution is -2.06. The standard InChI is InChI=1S/C12H9F2N3S/c13-12(14)6-17-5-9(4-16-17)8-1-2-11-10(3-8)15-7-18-11/h1-5,7,12H,6H2. The van der Waals surface area contributed by atoms with Crippen molar-refractivity contribution in [2.75, 3.05) is 0 Å². The van der Waals surface area contributed by atoms with Crippen LogP contribution < -0.4 is 0 Å². The van der Waals surface area contributed by atoms with Gasteiger partial charge in [-0.3, -0.25) is 4.68 Å². The Balaban J connectivity index is 1.95. The zero-order valence-electron chi connectivity index (χ0n) is 9.25. The molecule has 0 aliphatic rings. The van der Waals surface area contributed by atoms with Crippen molar-refractivity contribution in [1.29, 1.82) is 0 Å². The van der Waals surface area contributed by atoms with Gasteiger partial charge in [0.05, 0.1) is 21.9 Å². The van der Waals surface area contributed by atoms with Crippen LogP contribution >= 0.6 is 11.3 Å². The Morgan fingerprint density at radius 1 is 1.28 bits per heavy atom. The highest BCUT2D eigenvalue weighted by Gasteiger charge is 2.07. The van der Waals surface area contributed by atoms with Gasteiger partial charge in [-0.1, -0.05) is 6.07 Å². The highest BCUT2D eigenvalue weighted by atomic mass is 32.1. The van der Waals surface area contributed by atoms with Crippen molar-refractivity contribution in [2.45, 2.75) is 13.0 Å². The van der Waals surface area contributed by atoms with E-state index >= 15 is 0 Å². The molecule has 3 nitrogen and oxygen atoms in total. The molecule has 6 heteroatoms. The van der Waals surface area contributed by atoms with Crippen molar-refractivity contribution >= 4 is 21.6 Å². The maximum atomic E-state index is 12.2. The van der Waals surface area contributed by atoms with E-state index in [-0.39, 0.29) is 6.54 Å². The molecule has 0 amide bonds. The zero-order chi connectivity index (χ0) is 12.5. The number of rotatable bonds is 3. The molecule has 0 saturated heterocycles. The normalized spacial score (nSPS) is 11.5. The topological polar surface area (TPSA) is 30.7 Å². The van der Waals surface area contributed by atoms with Gasteiger partial charge in [-0.25, -0.2) is 13.8 Å². The summed E-state index contributed by atoms with van der Waals surface area (Å²) < 4.78 is 26.8. The summed E-state index contributed by atoms with van der Waals surface area (Å²) in [7, 11) is 0. The lowest BCUT2D eigenvalue weighted by Gasteiger charge is -1.99. The second-order valence-electron chi connectivity index (χ2n) is 3.88.